The molecule has 7 nitrogen and oxygen atoms in total. The largest absolute Gasteiger partial charge is 0.462 e. The fourth-order valence-corrected chi connectivity index (χ4v) is 4.51. The first-order valence-corrected chi connectivity index (χ1v) is 11.0. The van der Waals surface area contributed by atoms with E-state index in [1.807, 2.05) is 20.8 Å². The van der Waals surface area contributed by atoms with Gasteiger partial charge in [0.05, 0.1) is 17.9 Å². The fourth-order valence-electron chi connectivity index (χ4n) is 2.67. The highest BCUT2D eigenvalue weighted by Crippen LogP contribution is 2.34. The van der Waals surface area contributed by atoms with Crippen molar-refractivity contribution >= 4 is 40.0 Å². The first-order chi connectivity index (χ1) is 13.4. The molecular formula is C19H25N3O4S2. The zero-order valence-corrected chi connectivity index (χ0v) is 18.1. The topological polar surface area (TPSA) is 101 Å². The molecule has 0 atom stereocenters. The summed E-state index contributed by atoms with van der Waals surface area (Å²) in [4.78, 5) is 44.5. The SMILES string of the molecule is CCCc1cc(=O)[nH]c(SCC(=O)Nc2sc(CC)c(C)c2C(=O)OCC)n1. The number of H-pyrrole nitrogens is 1. The standard InChI is InChI=1S/C19H25N3O4S2/c1-5-8-12-9-14(23)22-19(20-12)27-10-15(24)21-17-16(18(25)26-7-3)11(4)13(6-2)28-17/h9H,5-8,10H2,1-4H3,(H,21,24)(H,20,22,23). The number of ether oxygens (including phenoxy) is 1. The summed E-state index contributed by atoms with van der Waals surface area (Å²) in [7, 11) is 0. The van der Waals surface area contributed by atoms with Gasteiger partial charge in [-0.25, -0.2) is 9.78 Å². The van der Waals surface area contributed by atoms with Gasteiger partial charge in [0.25, 0.3) is 5.56 Å². The Bertz CT molecular complexity index is 905. The third kappa shape index (κ3) is 5.68. The molecule has 2 rings (SSSR count). The minimum atomic E-state index is -0.433. The van der Waals surface area contributed by atoms with Gasteiger partial charge in [-0.2, -0.15) is 0 Å². The predicted molar refractivity (Wildman–Crippen MR) is 113 cm³/mol. The van der Waals surface area contributed by atoms with Crippen LogP contribution in [0, 0.1) is 6.92 Å². The zero-order valence-electron chi connectivity index (χ0n) is 16.5. The number of carbonyl (C=O) groups excluding carboxylic acids is 2. The minimum absolute atomic E-state index is 0.0686. The Labute approximate surface area is 172 Å². The Hall–Kier alpha value is -2.13. The molecule has 0 aliphatic rings. The Morgan fingerprint density at radius 2 is 2.07 bits per heavy atom. The normalized spacial score (nSPS) is 10.7. The van der Waals surface area contributed by atoms with Crippen molar-refractivity contribution in [1.29, 1.82) is 0 Å². The number of aromatic amines is 1. The molecule has 2 aromatic rings. The van der Waals surface area contributed by atoms with Crippen molar-refractivity contribution in [2.45, 2.75) is 52.1 Å². The van der Waals surface area contributed by atoms with Crippen LogP contribution in [-0.2, 0) is 22.4 Å². The molecule has 2 aromatic heterocycles. The molecule has 0 saturated carbocycles. The van der Waals surface area contributed by atoms with Crippen LogP contribution in [-0.4, -0.2) is 34.2 Å². The van der Waals surface area contributed by atoms with Gasteiger partial charge in [-0.15, -0.1) is 11.3 Å². The third-order valence-corrected chi connectivity index (χ3v) is 6.14. The number of hydrogen-bond donors (Lipinski definition) is 2. The van der Waals surface area contributed by atoms with Gasteiger partial charge in [0, 0.05) is 16.6 Å². The molecule has 0 aliphatic heterocycles. The van der Waals surface area contributed by atoms with E-state index in [4.69, 9.17) is 4.74 Å². The number of rotatable bonds is 9. The van der Waals surface area contributed by atoms with E-state index in [9.17, 15) is 14.4 Å². The second-order valence-electron chi connectivity index (χ2n) is 6.06. The Balaban J connectivity index is 2.11. The van der Waals surface area contributed by atoms with E-state index in [2.05, 4.69) is 15.3 Å². The molecular weight excluding hydrogens is 398 g/mol. The molecule has 0 saturated heterocycles. The minimum Gasteiger partial charge on any atom is -0.462 e. The summed E-state index contributed by atoms with van der Waals surface area (Å²) in [6.45, 7) is 7.89. The molecule has 2 N–H and O–H groups in total. The third-order valence-electron chi connectivity index (χ3n) is 3.92. The number of aromatic nitrogens is 2. The van der Waals surface area contributed by atoms with Crippen molar-refractivity contribution < 1.29 is 14.3 Å². The molecule has 0 aliphatic carbocycles. The lowest BCUT2D eigenvalue weighted by molar-refractivity contribution is -0.113. The number of amides is 1. The van der Waals surface area contributed by atoms with E-state index in [0.29, 0.717) is 27.8 Å². The monoisotopic (exact) mass is 423 g/mol. The summed E-state index contributed by atoms with van der Waals surface area (Å²) in [5.41, 5.74) is 1.73. The van der Waals surface area contributed by atoms with E-state index in [-0.39, 0.29) is 23.8 Å². The van der Waals surface area contributed by atoms with Crippen molar-refractivity contribution in [2.75, 3.05) is 17.7 Å². The number of carbonyl (C=O) groups is 2. The van der Waals surface area contributed by atoms with Gasteiger partial charge in [-0.1, -0.05) is 32.0 Å². The number of esters is 1. The van der Waals surface area contributed by atoms with Crippen LogP contribution in [0.4, 0.5) is 5.00 Å². The quantitative estimate of drug-likeness (QED) is 0.363. The van der Waals surface area contributed by atoms with Gasteiger partial charge in [-0.05, 0) is 32.3 Å². The molecule has 0 fully saturated rings. The molecule has 0 spiro atoms. The molecule has 152 valence electrons. The van der Waals surface area contributed by atoms with E-state index in [0.717, 1.165) is 35.0 Å². The maximum absolute atomic E-state index is 12.4. The smallest absolute Gasteiger partial charge is 0.341 e. The second-order valence-corrected chi connectivity index (χ2v) is 8.13. The average molecular weight is 424 g/mol. The summed E-state index contributed by atoms with van der Waals surface area (Å²) < 4.78 is 5.13. The number of thiophene rings is 1. The first-order valence-electron chi connectivity index (χ1n) is 9.21. The highest BCUT2D eigenvalue weighted by Gasteiger charge is 2.23. The summed E-state index contributed by atoms with van der Waals surface area (Å²) in [6, 6.07) is 1.47. The van der Waals surface area contributed by atoms with Crippen LogP contribution in [0.2, 0.25) is 0 Å². The molecule has 9 heteroatoms. The van der Waals surface area contributed by atoms with Crippen LogP contribution in [0.3, 0.4) is 0 Å². The number of nitrogens with one attached hydrogen (secondary N) is 2. The van der Waals surface area contributed by atoms with Crippen molar-refractivity contribution in [3.05, 3.63) is 38.1 Å². The second kappa shape index (κ2) is 10.4. The summed E-state index contributed by atoms with van der Waals surface area (Å²) in [5.74, 6) is -0.640. The van der Waals surface area contributed by atoms with Crippen LogP contribution in [0.15, 0.2) is 16.0 Å². The number of thioether (sulfide) groups is 1. The van der Waals surface area contributed by atoms with Crippen molar-refractivity contribution in [3.8, 4) is 0 Å². The van der Waals surface area contributed by atoms with Gasteiger partial charge in [-0.3, -0.25) is 9.59 Å². The molecule has 2 heterocycles. The van der Waals surface area contributed by atoms with Crippen LogP contribution in [0.25, 0.3) is 0 Å². The lowest BCUT2D eigenvalue weighted by Gasteiger charge is -2.07. The van der Waals surface area contributed by atoms with Crippen LogP contribution in [0.1, 0.15) is 53.7 Å². The summed E-state index contributed by atoms with van der Waals surface area (Å²) in [5, 5.41) is 3.72. The maximum Gasteiger partial charge on any atom is 0.341 e. The molecule has 1 amide bonds. The number of aryl methyl sites for hydroxylation is 2. The van der Waals surface area contributed by atoms with E-state index >= 15 is 0 Å². The van der Waals surface area contributed by atoms with Crippen LogP contribution >= 0.6 is 23.1 Å². The van der Waals surface area contributed by atoms with Gasteiger partial charge in [0.2, 0.25) is 5.91 Å². The van der Waals surface area contributed by atoms with Crippen molar-refractivity contribution in [1.82, 2.24) is 9.97 Å². The Morgan fingerprint density at radius 1 is 1.32 bits per heavy atom. The fraction of sp³-hybridized carbons (Fsp3) is 0.474. The highest BCUT2D eigenvalue weighted by molar-refractivity contribution is 7.99. The Morgan fingerprint density at radius 3 is 2.71 bits per heavy atom. The number of anilines is 1. The molecule has 0 aromatic carbocycles. The summed E-state index contributed by atoms with van der Waals surface area (Å²) >= 11 is 2.54. The van der Waals surface area contributed by atoms with Crippen molar-refractivity contribution in [2.24, 2.45) is 0 Å². The van der Waals surface area contributed by atoms with E-state index in [1.54, 1.807) is 6.92 Å². The lowest BCUT2D eigenvalue weighted by Crippen LogP contribution is -2.17. The van der Waals surface area contributed by atoms with Gasteiger partial charge in [0.15, 0.2) is 5.16 Å². The molecule has 0 unspecified atom stereocenters. The van der Waals surface area contributed by atoms with Crippen LogP contribution < -0.4 is 10.9 Å². The molecule has 0 radical (unpaired) electrons. The lowest BCUT2D eigenvalue weighted by atomic mass is 10.1. The predicted octanol–water partition coefficient (Wildman–Crippen LogP) is 3.56. The Kier molecular flexibility index (Phi) is 8.25. The van der Waals surface area contributed by atoms with E-state index in [1.165, 1.54) is 17.4 Å². The zero-order chi connectivity index (χ0) is 20.7. The van der Waals surface area contributed by atoms with Gasteiger partial charge < -0.3 is 15.0 Å². The highest BCUT2D eigenvalue weighted by atomic mass is 32.2. The maximum atomic E-state index is 12.4. The van der Waals surface area contributed by atoms with Crippen molar-refractivity contribution in [3.63, 3.8) is 0 Å². The molecule has 0 bridgehead atoms. The van der Waals surface area contributed by atoms with Gasteiger partial charge in [0.1, 0.15) is 5.00 Å². The first kappa shape index (κ1) is 22.2. The van der Waals surface area contributed by atoms with Crippen LogP contribution in [0.5, 0.6) is 0 Å². The number of nitrogens with zero attached hydrogens (tertiary/aromatic N) is 1. The summed E-state index contributed by atoms with van der Waals surface area (Å²) in [6.07, 6.45) is 2.36. The van der Waals surface area contributed by atoms with Gasteiger partial charge >= 0.3 is 5.97 Å². The average Bonchev–Trinajstić information content (AvgIpc) is 2.95. The number of hydrogen-bond acceptors (Lipinski definition) is 7. The molecule has 28 heavy (non-hydrogen) atoms. The van der Waals surface area contributed by atoms with E-state index < -0.39 is 5.97 Å².